The Morgan fingerprint density at radius 3 is 2.42 bits per heavy atom. The fraction of sp³-hybridized carbons (Fsp3) is 0.500. The van der Waals surface area contributed by atoms with Gasteiger partial charge in [0.25, 0.3) is 0 Å². The summed E-state index contributed by atoms with van der Waals surface area (Å²) in [5.74, 6) is 0.878. The average Bonchev–Trinajstić information content (AvgIpc) is 3.07. The van der Waals surface area contributed by atoms with Gasteiger partial charge in [0.2, 0.25) is 10.0 Å². The number of likely N-dealkylation sites (N-methyl/N-ethyl adjacent to an activating group) is 1. The summed E-state index contributed by atoms with van der Waals surface area (Å²) in [6.07, 6.45) is 1.29. The molecule has 3 N–H and O–H groups in total. The number of amidine groups is 1. The SMILES string of the molecule is CCNC(O)[C@@H]1N=C(C23CC(N(Cc4ccc(Cl)cc4)S(=O)(=O)c4cccc(Cl)c4)(C2)C3)NC1(C)C. The van der Waals surface area contributed by atoms with Gasteiger partial charge < -0.3 is 10.4 Å². The van der Waals surface area contributed by atoms with Crippen LogP contribution in [-0.4, -0.2) is 53.6 Å². The minimum Gasteiger partial charge on any atom is -0.376 e. The van der Waals surface area contributed by atoms with E-state index in [1.807, 2.05) is 32.9 Å². The van der Waals surface area contributed by atoms with Gasteiger partial charge in [-0.1, -0.05) is 48.3 Å². The fourth-order valence-electron chi connectivity index (χ4n) is 6.04. The molecule has 2 aromatic carbocycles. The van der Waals surface area contributed by atoms with Crippen LogP contribution in [0.4, 0.5) is 0 Å². The van der Waals surface area contributed by atoms with Crippen molar-refractivity contribution in [1.29, 1.82) is 0 Å². The predicted octanol–water partition coefficient (Wildman–Crippen LogP) is 4.18. The molecule has 194 valence electrons. The third-order valence-electron chi connectivity index (χ3n) is 7.82. The van der Waals surface area contributed by atoms with E-state index in [1.165, 1.54) is 6.07 Å². The largest absolute Gasteiger partial charge is 0.376 e. The maximum absolute atomic E-state index is 13.9. The number of aliphatic hydroxyl groups excluding tert-OH is 1. The highest BCUT2D eigenvalue weighted by Gasteiger charge is 2.75. The number of hydrogen-bond donors (Lipinski definition) is 3. The van der Waals surface area contributed by atoms with Gasteiger partial charge in [0.1, 0.15) is 18.1 Å². The van der Waals surface area contributed by atoms with Crippen molar-refractivity contribution in [1.82, 2.24) is 14.9 Å². The molecule has 1 aliphatic heterocycles. The minimum absolute atomic E-state index is 0.189. The second-order valence-electron chi connectivity index (χ2n) is 10.9. The first-order valence-corrected chi connectivity index (χ1v) is 14.4. The Morgan fingerprint density at radius 2 is 1.81 bits per heavy atom. The zero-order valence-corrected chi connectivity index (χ0v) is 23.0. The van der Waals surface area contributed by atoms with Gasteiger partial charge in [-0.25, -0.2) is 8.42 Å². The van der Waals surface area contributed by atoms with Crippen LogP contribution in [0.15, 0.2) is 58.4 Å². The van der Waals surface area contributed by atoms with Crippen molar-refractivity contribution in [2.75, 3.05) is 6.54 Å². The second-order valence-corrected chi connectivity index (χ2v) is 13.6. The molecule has 2 aromatic rings. The number of nitrogens with one attached hydrogen (secondary N) is 2. The first kappa shape index (κ1) is 25.9. The summed E-state index contributed by atoms with van der Waals surface area (Å²) in [6.45, 7) is 6.91. The summed E-state index contributed by atoms with van der Waals surface area (Å²) in [4.78, 5) is 5.09. The monoisotopic (exact) mass is 550 g/mol. The molecule has 0 amide bonds. The van der Waals surface area contributed by atoms with Gasteiger partial charge >= 0.3 is 0 Å². The summed E-state index contributed by atoms with van der Waals surface area (Å²) >= 11 is 12.2. The second kappa shape index (κ2) is 8.96. The van der Waals surface area contributed by atoms with Crippen LogP contribution in [0.5, 0.6) is 0 Å². The average molecular weight is 552 g/mol. The third-order valence-corrected chi connectivity index (χ3v) is 10.3. The van der Waals surface area contributed by atoms with Gasteiger partial charge in [0, 0.05) is 27.5 Å². The van der Waals surface area contributed by atoms with Gasteiger partial charge in [-0.3, -0.25) is 10.3 Å². The topological polar surface area (TPSA) is 94.0 Å². The molecule has 10 heteroatoms. The van der Waals surface area contributed by atoms with Crippen molar-refractivity contribution in [3.05, 3.63) is 64.1 Å². The van der Waals surface area contributed by atoms with E-state index in [0.29, 0.717) is 35.9 Å². The molecule has 0 aromatic heterocycles. The summed E-state index contributed by atoms with van der Waals surface area (Å²) in [5, 5.41) is 18.2. The van der Waals surface area contributed by atoms with Crippen molar-refractivity contribution in [2.45, 2.75) is 74.8 Å². The standard InChI is InChI=1S/C26H32Cl2N4O3S/c1-4-29-22(33)21-24(2,3)31-23(30-21)25-14-26(15-25,16-25)32(13-17-8-10-18(27)11-9-17)36(34,35)20-7-5-6-19(28)12-20/h5-12,21-22,29,33H,4,13-16H2,1-3H3,(H,30,31)/t21-,22?,25?,26?/m0/s1. The lowest BCUT2D eigenvalue weighted by Gasteiger charge is -2.73. The molecule has 0 spiro atoms. The highest BCUT2D eigenvalue weighted by molar-refractivity contribution is 7.89. The van der Waals surface area contributed by atoms with Crippen LogP contribution in [0.3, 0.4) is 0 Å². The number of aliphatic imine (C=N–C) groups is 1. The number of rotatable bonds is 9. The molecule has 1 heterocycles. The van der Waals surface area contributed by atoms with Crippen molar-refractivity contribution >= 4 is 39.1 Å². The number of hydrogen-bond acceptors (Lipinski definition) is 6. The Hall–Kier alpha value is -1.68. The van der Waals surface area contributed by atoms with Crippen molar-refractivity contribution in [2.24, 2.45) is 10.4 Å². The van der Waals surface area contributed by atoms with E-state index in [-0.39, 0.29) is 22.9 Å². The normalized spacial score (nSPS) is 29.2. The van der Waals surface area contributed by atoms with Crippen LogP contribution in [0.25, 0.3) is 0 Å². The molecule has 0 saturated heterocycles. The lowest BCUT2D eigenvalue weighted by molar-refractivity contribution is -0.151. The summed E-state index contributed by atoms with van der Waals surface area (Å²) in [6, 6.07) is 13.4. The first-order chi connectivity index (χ1) is 16.9. The summed E-state index contributed by atoms with van der Waals surface area (Å²) < 4.78 is 29.5. The molecular formula is C26H32Cl2N4O3S. The molecule has 0 radical (unpaired) electrons. The zero-order valence-electron chi connectivity index (χ0n) is 20.6. The van der Waals surface area contributed by atoms with E-state index in [9.17, 15) is 13.5 Å². The Kier molecular flexibility index (Phi) is 6.46. The van der Waals surface area contributed by atoms with Crippen LogP contribution in [0.2, 0.25) is 10.0 Å². The number of sulfonamides is 1. The first-order valence-electron chi connectivity index (χ1n) is 12.2. The van der Waals surface area contributed by atoms with Gasteiger partial charge in [0.05, 0.1) is 10.4 Å². The number of aliphatic hydroxyl groups is 1. The number of benzene rings is 2. The van der Waals surface area contributed by atoms with E-state index < -0.39 is 27.3 Å². The Morgan fingerprint density at radius 1 is 1.14 bits per heavy atom. The molecule has 2 atom stereocenters. The van der Waals surface area contributed by atoms with E-state index in [4.69, 9.17) is 28.2 Å². The summed E-state index contributed by atoms with van der Waals surface area (Å²) in [5.41, 5.74) is -0.224. The van der Waals surface area contributed by atoms with E-state index >= 15 is 0 Å². The predicted molar refractivity (Wildman–Crippen MR) is 143 cm³/mol. The van der Waals surface area contributed by atoms with Gasteiger partial charge in [-0.2, -0.15) is 4.31 Å². The quantitative estimate of drug-likeness (QED) is 0.407. The van der Waals surface area contributed by atoms with Gasteiger partial charge in [-0.15, -0.1) is 0 Å². The van der Waals surface area contributed by atoms with Crippen LogP contribution in [0, 0.1) is 5.41 Å². The van der Waals surface area contributed by atoms with Crippen molar-refractivity contribution in [3.63, 3.8) is 0 Å². The zero-order chi connectivity index (χ0) is 25.9. The maximum Gasteiger partial charge on any atom is 0.243 e. The molecule has 3 saturated carbocycles. The number of halogens is 2. The van der Waals surface area contributed by atoms with Crippen molar-refractivity contribution in [3.8, 4) is 0 Å². The lowest BCUT2D eigenvalue weighted by Crippen LogP contribution is -2.78. The molecule has 7 nitrogen and oxygen atoms in total. The maximum atomic E-state index is 13.9. The Balaban J connectivity index is 1.43. The highest BCUT2D eigenvalue weighted by atomic mass is 35.5. The Bertz CT molecular complexity index is 1280. The highest BCUT2D eigenvalue weighted by Crippen LogP contribution is 2.71. The van der Waals surface area contributed by atoms with Crippen LogP contribution in [0.1, 0.15) is 45.6 Å². The van der Waals surface area contributed by atoms with Crippen molar-refractivity contribution < 1.29 is 13.5 Å². The van der Waals surface area contributed by atoms with Crippen LogP contribution >= 0.6 is 23.2 Å². The summed E-state index contributed by atoms with van der Waals surface area (Å²) in [7, 11) is -3.81. The molecule has 6 rings (SSSR count). The molecule has 3 fully saturated rings. The van der Waals surface area contributed by atoms with Gasteiger partial charge in [-0.05, 0) is 75.5 Å². The number of nitrogens with zero attached hydrogens (tertiary/aromatic N) is 2. The smallest absolute Gasteiger partial charge is 0.243 e. The van der Waals surface area contributed by atoms with Gasteiger partial charge in [0.15, 0.2) is 0 Å². The van der Waals surface area contributed by atoms with E-state index in [2.05, 4.69) is 10.6 Å². The lowest BCUT2D eigenvalue weighted by atomic mass is 9.38. The van der Waals surface area contributed by atoms with Crippen LogP contribution in [-0.2, 0) is 16.6 Å². The Labute approximate surface area is 222 Å². The molecule has 3 aliphatic carbocycles. The molecule has 2 bridgehead atoms. The van der Waals surface area contributed by atoms with E-state index in [1.54, 1.807) is 34.6 Å². The van der Waals surface area contributed by atoms with E-state index in [0.717, 1.165) is 11.4 Å². The molecule has 1 unspecified atom stereocenters. The third kappa shape index (κ3) is 4.25. The minimum atomic E-state index is -3.81. The molecule has 4 aliphatic rings. The fourth-order valence-corrected chi connectivity index (χ4v) is 8.22. The van der Waals surface area contributed by atoms with Crippen LogP contribution < -0.4 is 10.6 Å². The molecule has 36 heavy (non-hydrogen) atoms. The molecular weight excluding hydrogens is 519 g/mol.